The summed E-state index contributed by atoms with van der Waals surface area (Å²) in [6.07, 6.45) is 3.20. The van der Waals surface area contributed by atoms with Crippen LogP contribution in [0.2, 0.25) is 0 Å². The summed E-state index contributed by atoms with van der Waals surface area (Å²) in [4.78, 5) is 0. The highest BCUT2D eigenvalue weighted by Crippen LogP contribution is 2.42. The minimum atomic E-state index is -0.721. The van der Waals surface area contributed by atoms with Gasteiger partial charge in [0.25, 0.3) is 0 Å². The number of hydrogen-bond acceptors (Lipinski definition) is 3. The fraction of sp³-hybridized carbons (Fsp3) is 1.00. The van der Waals surface area contributed by atoms with Gasteiger partial charge in [-0.15, -0.1) is 0 Å². The number of hydrogen-bond donors (Lipinski definition) is 1. The van der Waals surface area contributed by atoms with Crippen molar-refractivity contribution in [1.29, 1.82) is 0 Å². The van der Waals surface area contributed by atoms with Gasteiger partial charge in [-0.05, 0) is 20.3 Å². The van der Waals surface area contributed by atoms with E-state index in [1.807, 2.05) is 6.92 Å². The molecule has 1 aliphatic carbocycles. The van der Waals surface area contributed by atoms with Crippen molar-refractivity contribution in [3.05, 3.63) is 0 Å². The molecule has 0 aliphatic heterocycles. The van der Waals surface area contributed by atoms with Crippen LogP contribution in [0.1, 0.15) is 34.1 Å². The van der Waals surface area contributed by atoms with Crippen LogP contribution in [0.4, 0.5) is 0 Å². The Kier molecular flexibility index (Phi) is 4.95. The molecule has 16 heavy (non-hydrogen) atoms. The molecule has 4 unspecified atom stereocenters. The molecular weight excluding hydrogens is 222 g/mol. The second-order valence-corrected chi connectivity index (χ2v) is 6.84. The molecule has 0 radical (unpaired) electrons. The third kappa shape index (κ3) is 3.28. The van der Waals surface area contributed by atoms with Gasteiger partial charge in [0.05, 0.1) is 6.10 Å². The molecule has 0 aromatic heterocycles. The molecule has 0 aromatic carbocycles. The smallest absolute Gasteiger partial charge is 0.0655 e. The Bertz CT molecular complexity index is 255. The normalized spacial score (nSPS) is 31.8. The van der Waals surface area contributed by atoms with Gasteiger partial charge in [0.15, 0.2) is 0 Å². The molecule has 1 saturated carbocycles. The predicted molar refractivity (Wildman–Crippen MR) is 69.1 cm³/mol. The molecule has 0 aromatic rings. The van der Waals surface area contributed by atoms with E-state index in [9.17, 15) is 4.21 Å². The number of ether oxygens (including phenoxy) is 1. The fourth-order valence-electron chi connectivity index (χ4n) is 2.40. The van der Waals surface area contributed by atoms with Gasteiger partial charge < -0.3 is 10.1 Å². The van der Waals surface area contributed by atoms with Crippen LogP contribution in [-0.2, 0) is 15.5 Å². The highest BCUT2D eigenvalue weighted by molar-refractivity contribution is 7.84. The van der Waals surface area contributed by atoms with Crippen molar-refractivity contribution in [3.8, 4) is 0 Å². The summed E-state index contributed by atoms with van der Waals surface area (Å²) < 4.78 is 16.8. The maximum Gasteiger partial charge on any atom is 0.0655 e. The van der Waals surface area contributed by atoms with Gasteiger partial charge in [-0.2, -0.15) is 0 Å². The standard InChI is InChI=1S/C12H25NO2S/c1-6-15-11-7-10(12(11,3)4)13-9(2)8-16(5)14/h9-11,13H,6-8H2,1-5H3. The van der Waals surface area contributed by atoms with Crippen molar-refractivity contribution in [1.82, 2.24) is 5.32 Å². The Morgan fingerprint density at radius 3 is 2.62 bits per heavy atom. The average molecular weight is 247 g/mol. The van der Waals surface area contributed by atoms with Crippen molar-refractivity contribution in [2.24, 2.45) is 5.41 Å². The Balaban J connectivity index is 2.38. The highest BCUT2D eigenvalue weighted by Gasteiger charge is 2.48. The maximum atomic E-state index is 11.1. The van der Waals surface area contributed by atoms with Crippen molar-refractivity contribution in [2.45, 2.75) is 52.3 Å². The van der Waals surface area contributed by atoms with Crippen molar-refractivity contribution in [2.75, 3.05) is 18.6 Å². The predicted octanol–water partition coefficient (Wildman–Crippen LogP) is 1.55. The molecule has 96 valence electrons. The average Bonchev–Trinajstić information content (AvgIpc) is 2.15. The molecule has 0 spiro atoms. The van der Waals surface area contributed by atoms with Crippen LogP contribution in [-0.4, -0.2) is 41.0 Å². The first-order valence-corrected chi connectivity index (χ1v) is 7.78. The van der Waals surface area contributed by atoms with E-state index in [2.05, 4.69) is 26.1 Å². The molecular formula is C12H25NO2S. The van der Waals surface area contributed by atoms with E-state index >= 15 is 0 Å². The SMILES string of the molecule is CCOC1CC(NC(C)CS(C)=O)C1(C)C. The summed E-state index contributed by atoms with van der Waals surface area (Å²) in [7, 11) is -0.721. The zero-order chi connectivity index (χ0) is 12.3. The van der Waals surface area contributed by atoms with Crippen molar-refractivity contribution < 1.29 is 8.95 Å². The first-order valence-electron chi connectivity index (χ1n) is 6.05. The summed E-state index contributed by atoms with van der Waals surface area (Å²) in [5.74, 6) is 0.728. The molecule has 1 N–H and O–H groups in total. The van der Waals surface area contributed by atoms with E-state index in [1.54, 1.807) is 6.26 Å². The first-order chi connectivity index (χ1) is 7.37. The lowest BCUT2D eigenvalue weighted by atomic mass is 9.64. The lowest BCUT2D eigenvalue weighted by Crippen LogP contribution is -2.62. The number of rotatable bonds is 6. The molecule has 0 amide bonds. The summed E-state index contributed by atoms with van der Waals surface area (Å²) >= 11 is 0. The fourth-order valence-corrected chi connectivity index (χ4v) is 3.20. The molecule has 1 fully saturated rings. The van der Waals surface area contributed by atoms with E-state index in [0.29, 0.717) is 18.2 Å². The third-order valence-corrected chi connectivity index (χ3v) is 4.49. The third-order valence-electron chi connectivity index (χ3n) is 3.52. The van der Waals surface area contributed by atoms with Crippen LogP contribution < -0.4 is 5.32 Å². The molecule has 1 rings (SSSR count). The van der Waals surface area contributed by atoms with Gasteiger partial charge in [-0.1, -0.05) is 13.8 Å². The van der Waals surface area contributed by atoms with Gasteiger partial charge in [0, 0.05) is 46.9 Å². The van der Waals surface area contributed by atoms with Crippen molar-refractivity contribution >= 4 is 10.8 Å². The van der Waals surface area contributed by atoms with Gasteiger partial charge in [0.2, 0.25) is 0 Å². The van der Waals surface area contributed by atoms with Crippen LogP contribution >= 0.6 is 0 Å². The topological polar surface area (TPSA) is 38.3 Å². The first kappa shape index (κ1) is 14.1. The van der Waals surface area contributed by atoms with E-state index < -0.39 is 10.8 Å². The second kappa shape index (κ2) is 5.61. The van der Waals surface area contributed by atoms with Crippen LogP contribution in [0.25, 0.3) is 0 Å². The Labute approximate surface area is 102 Å². The van der Waals surface area contributed by atoms with E-state index in [-0.39, 0.29) is 5.41 Å². The van der Waals surface area contributed by atoms with Crippen molar-refractivity contribution in [3.63, 3.8) is 0 Å². The second-order valence-electron chi connectivity index (χ2n) is 5.36. The number of nitrogens with one attached hydrogen (secondary N) is 1. The molecule has 1 aliphatic rings. The maximum absolute atomic E-state index is 11.1. The Morgan fingerprint density at radius 2 is 2.19 bits per heavy atom. The van der Waals surface area contributed by atoms with Gasteiger partial charge >= 0.3 is 0 Å². The molecule has 3 nitrogen and oxygen atoms in total. The Hall–Kier alpha value is 0.0700. The van der Waals surface area contributed by atoms with Crippen LogP contribution in [0, 0.1) is 5.41 Å². The monoisotopic (exact) mass is 247 g/mol. The summed E-state index contributed by atoms with van der Waals surface area (Å²) in [6, 6.07) is 0.806. The minimum Gasteiger partial charge on any atom is -0.378 e. The molecule has 4 heteroatoms. The zero-order valence-corrected chi connectivity index (χ0v) is 11.9. The van der Waals surface area contributed by atoms with E-state index in [4.69, 9.17) is 4.74 Å². The molecule has 0 saturated heterocycles. The van der Waals surface area contributed by atoms with E-state index in [0.717, 1.165) is 18.8 Å². The summed E-state index contributed by atoms with van der Waals surface area (Å²) in [5.41, 5.74) is 0.194. The van der Waals surface area contributed by atoms with Crippen LogP contribution in [0.15, 0.2) is 0 Å². The van der Waals surface area contributed by atoms with E-state index in [1.165, 1.54) is 0 Å². The molecule has 4 atom stereocenters. The van der Waals surface area contributed by atoms with Gasteiger partial charge in [-0.3, -0.25) is 4.21 Å². The summed E-state index contributed by atoms with van der Waals surface area (Å²) in [6.45, 7) is 9.41. The van der Waals surface area contributed by atoms with Gasteiger partial charge in [0.1, 0.15) is 0 Å². The van der Waals surface area contributed by atoms with Crippen LogP contribution in [0.5, 0.6) is 0 Å². The molecule has 0 heterocycles. The quantitative estimate of drug-likeness (QED) is 0.774. The van der Waals surface area contributed by atoms with Crippen LogP contribution in [0.3, 0.4) is 0 Å². The largest absolute Gasteiger partial charge is 0.378 e. The zero-order valence-electron chi connectivity index (χ0n) is 11.1. The minimum absolute atomic E-state index is 0.194. The highest BCUT2D eigenvalue weighted by atomic mass is 32.2. The lowest BCUT2D eigenvalue weighted by molar-refractivity contribution is -0.115. The summed E-state index contributed by atoms with van der Waals surface area (Å²) in [5, 5.41) is 3.55. The lowest BCUT2D eigenvalue weighted by Gasteiger charge is -2.52. The Morgan fingerprint density at radius 1 is 1.56 bits per heavy atom. The molecule has 0 bridgehead atoms. The van der Waals surface area contributed by atoms with Gasteiger partial charge in [-0.25, -0.2) is 0 Å².